The molecule has 1 aromatic heterocycles. The minimum absolute atomic E-state index is 0.241. The minimum atomic E-state index is 0.241. The lowest BCUT2D eigenvalue weighted by Gasteiger charge is -2.22. The van der Waals surface area contributed by atoms with E-state index in [1.54, 1.807) is 11.3 Å². The molecule has 0 saturated heterocycles. The molecule has 0 aliphatic heterocycles. The van der Waals surface area contributed by atoms with Gasteiger partial charge in [-0.1, -0.05) is 13.3 Å². The van der Waals surface area contributed by atoms with Crippen molar-refractivity contribution in [1.82, 2.24) is 15.2 Å². The molecule has 0 spiro atoms. The number of nitrogens with zero attached hydrogens (tertiary/aromatic N) is 3. The Labute approximate surface area is 138 Å². The van der Waals surface area contributed by atoms with E-state index in [0.717, 1.165) is 55.6 Å². The lowest BCUT2D eigenvalue weighted by atomic mass is 10.0. The SMILES string of the molecule is CCCC(CCO)CN=C(NCC)N(C)Cc1csc(C)n1. The second-order valence-corrected chi connectivity index (χ2v) is 6.64. The first-order valence-corrected chi connectivity index (χ1v) is 8.99. The lowest BCUT2D eigenvalue weighted by molar-refractivity contribution is 0.253. The van der Waals surface area contributed by atoms with E-state index < -0.39 is 0 Å². The monoisotopic (exact) mass is 326 g/mol. The number of aliphatic imine (C=N–C) groups is 1. The highest BCUT2D eigenvalue weighted by Gasteiger charge is 2.11. The molecule has 1 atom stereocenters. The average molecular weight is 327 g/mol. The number of aliphatic hydroxyl groups is 1. The van der Waals surface area contributed by atoms with E-state index in [1.165, 1.54) is 0 Å². The van der Waals surface area contributed by atoms with E-state index in [-0.39, 0.29) is 6.61 Å². The van der Waals surface area contributed by atoms with Crippen LogP contribution in [0.1, 0.15) is 43.8 Å². The van der Waals surface area contributed by atoms with Crippen molar-refractivity contribution in [3.63, 3.8) is 0 Å². The van der Waals surface area contributed by atoms with Crippen LogP contribution in [0.15, 0.2) is 10.4 Å². The molecule has 1 unspecified atom stereocenters. The van der Waals surface area contributed by atoms with Gasteiger partial charge in [0, 0.05) is 32.1 Å². The van der Waals surface area contributed by atoms with Crippen molar-refractivity contribution in [1.29, 1.82) is 0 Å². The average Bonchev–Trinajstić information content (AvgIpc) is 2.88. The third-order valence-electron chi connectivity index (χ3n) is 3.50. The predicted molar refractivity (Wildman–Crippen MR) is 94.4 cm³/mol. The van der Waals surface area contributed by atoms with Crippen LogP contribution in [0.25, 0.3) is 0 Å². The number of hydrogen-bond donors (Lipinski definition) is 2. The minimum Gasteiger partial charge on any atom is -0.396 e. The Hall–Kier alpha value is -1.14. The number of guanidine groups is 1. The van der Waals surface area contributed by atoms with Crippen LogP contribution in [0, 0.1) is 12.8 Å². The molecule has 1 heterocycles. The first-order valence-electron chi connectivity index (χ1n) is 8.11. The Balaban J connectivity index is 2.66. The molecule has 6 heteroatoms. The molecule has 0 bridgehead atoms. The molecule has 1 aromatic rings. The summed E-state index contributed by atoms with van der Waals surface area (Å²) in [6.45, 7) is 8.88. The highest BCUT2D eigenvalue weighted by molar-refractivity contribution is 7.09. The number of aliphatic hydroxyl groups excluding tert-OH is 1. The van der Waals surface area contributed by atoms with Crippen molar-refractivity contribution < 1.29 is 5.11 Å². The van der Waals surface area contributed by atoms with Crippen LogP contribution in [0.5, 0.6) is 0 Å². The van der Waals surface area contributed by atoms with Gasteiger partial charge in [0.1, 0.15) is 0 Å². The van der Waals surface area contributed by atoms with Crippen LogP contribution in [0.4, 0.5) is 0 Å². The Morgan fingerprint density at radius 3 is 2.77 bits per heavy atom. The van der Waals surface area contributed by atoms with Gasteiger partial charge in [0.15, 0.2) is 5.96 Å². The topological polar surface area (TPSA) is 60.8 Å². The van der Waals surface area contributed by atoms with Crippen LogP contribution in [-0.2, 0) is 6.54 Å². The Bertz CT molecular complexity index is 441. The van der Waals surface area contributed by atoms with Gasteiger partial charge in [-0.25, -0.2) is 4.98 Å². The molecule has 126 valence electrons. The first-order chi connectivity index (χ1) is 10.6. The molecular formula is C16H30N4OS. The molecule has 22 heavy (non-hydrogen) atoms. The molecule has 0 fully saturated rings. The standard InChI is InChI=1S/C16H30N4OS/c1-5-7-14(8-9-21)10-18-16(17-6-2)20(4)11-15-12-22-13(3)19-15/h12,14,21H,5-11H2,1-4H3,(H,17,18). The van der Waals surface area contributed by atoms with Crippen molar-refractivity contribution >= 4 is 17.3 Å². The normalized spacial score (nSPS) is 13.2. The van der Waals surface area contributed by atoms with Crippen molar-refractivity contribution in [2.75, 3.05) is 26.7 Å². The Morgan fingerprint density at radius 1 is 1.45 bits per heavy atom. The summed E-state index contributed by atoms with van der Waals surface area (Å²) < 4.78 is 0. The van der Waals surface area contributed by atoms with Crippen molar-refractivity contribution in [2.45, 2.75) is 46.6 Å². The van der Waals surface area contributed by atoms with E-state index in [4.69, 9.17) is 10.1 Å². The summed E-state index contributed by atoms with van der Waals surface area (Å²) in [6, 6.07) is 0. The van der Waals surface area contributed by atoms with Crippen molar-refractivity contribution in [2.24, 2.45) is 10.9 Å². The molecule has 0 saturated carbocycles. The lowest BCUT2D eigenvalue weighted by Crippen LogP contribution is -2.39. The van der Waals surface area contributed by atoms with Crippen LogP contribution in [0.3, 0.4) is 0 Å². The van der Waals surface area contributed by atoms with Gasteiger partial charge in [-0.3, -0.25) is 4.99 Å². The molecule has 5 nitrogen and oxygen atoms in total. The molecule has 0 radical (unpaired) electrons. The van der Waals surface area contributed by atoms with Crippen LogP contribution in [0.2, 0.25) is 0 Å². The zero-order valence-corrected chi connectivity index (χ0v) is 15.1. The largest absolute Gasteiger partial charge is 0.396 e. The second kappa shape index (κ2) is 10.6. The fourth-order valence-corrected chi connectivity index (χ4v) is 3.01. The zero-order chi connectivity index (χ0) is 16.4. The number of nitrogens with one attached hydrogen (secondary N) is 1. The third kappa shape index (κ3) is 6.75. The van der Waals surface area contributed by atoms with Crippen LogP contribution >= 0.6 is 11.3 Å². The van der Waals surface area contributed by atoms with E-state index in [2.05, 4.69) is 34.4 Å². The van der Waals surface area contributed by atoms with Crippen LogP contribution < -0.4 is 5.32 Å². The summed E-state index contributed by atoms with van der Waals surface area (Å²) in [5.41, 5.74) is 1.08. The Kier molecular flexibility index (Phi) is 9.08. The van der Waals surface area contributed by atoms with Gasteiger partial charge in [0.2, 0.25) is 0 Å². The summed E-state index contributed by atoms with van der Waals surface area (Å²) in [5, 5.41) is 15.7. The molecule has 2 N–H and O–H groups in total. The molecule has 0 aliphatic carbocycles. The van der Waals surface area contributed by atoms with Gasteiger partial charge in [-0.2, -0.15) is 0 Å². The highest BCUT2D eigenvalue weighted by Crippen LogP contribution is 2.12. The maximum absolute atomic E-state index is 9.16. The van der Waals surface area contributed by atoms with Gasteiger partial charge in [-0.05, 0) is 32.6 Å². The smallest absolute Gasteiger partial charge is 0.194 e. The zero-order valence-electron chi connectivity index (χ0n) is 14.3. The van der Waals surface area contributed by atoms with Gasteiger partial charge in [0.05, 0.1) is 17.2 Å². The quantitative estimate of drug-likeness (QED) is 0.541. The summed E-state index contributed by atoms with van der Waals surface area (Å²) in [7, 11) is 2.04. The summed E-state index contributed by atoms with van der Waals surface area (Å²) in [4.78, 5) is 11.4. The number of rotatable bonds is 9. The van der Waals surface area contributed by atoms with E-state index >= 15 is 0 Å². The molecular weight excluding hydrogens is 296 g/mol. The van der Waals surface area contributed by atoms with Crippen LogP contribution in [-0.4, -0.2) is 47.7 Å². The molecule has 1 rings (SSSR count). The van der Waals surface area contributed by atoms with Crippen molar-refractivity contribution in [3.8, 4) is 0 Å². The van der Waals surface area contributed by atoms with Gasteiger partial charge in [-0.15, -0.1) is 11.3 Å². The van der Waals surface area contributed by atoms with E-state index in [1.807, 2.05) is 14.0 Å². The van der Waals surface area contributed by atoms with Crippen molar-refractivity contribution in [3.05, 3.63) is 16.1 Å². The maximum Gasteiger partial charge on any atom is 0.194 e. The fourth-order valence-electron chi connectivity index (χ4n) is 2.40. The van der Waals surface area contributed by atoms with E-state index in [9.17, 15) is 0 Å². The summed E-state index contributed by atoms with van der Waals surface area (Å²) in [6.07, 6.45) is 3.06. The van der Waals surface area contributed by atoms with Gasteiger partial charge in [0.25, 0.3) is 0 Å². The second-order valence-electron chi connectivity index (χ2n) is 5.58. The molecule has 0 aromatic carbocycles. The first kappa shape index (κ1) is 18.9. The predicted octanol–water partition coefficient (Wildman–Crippen LogP) is 2.65. The molecule has 0 amide bonds. The summed E-state index contributed by atoms with van der Waals surface area (Å²) >= 11 is 1.68. The van der Waals surface area contributed by atoms with Gasteiger partial charge < -0.3 is 15.3 Å². The van der Waals surface area contributed by atoms with E-state index in [0.29, 0.717) is 5.92 Å². The Morgan fingerprint density at radius 2 is 2.23 bits per heavy atom. The third-order valence-corrected chi connectivity index (χ3v) is 4.32. The number of aromatic nitrogens is 1. The summed E-state index contributed by atoms with van der Waals surface area (Å²) in [5.74, 6) is 1.37. The number of thiazole rings is 1. The van der Waals surface area contributed by atoms with Gasteiger partial charge >= 0.3 is 0 Å². The number of aryl methyl sites for hydroxylation is 1. The fraction of sp³-hybridized carbons (Fsp3) is 0.750. The molecule has 0 aliphatic rings. The number of hydrogen-bond acceptors (Lipinski definition) is 4. The maximum atomic E-state index is 9.16. The highest BCUT2D eigenvalue weighted by atomic mass is 32.1.